The second-order valence-electron chi connectivity index (χ2n) is 2.77. The molecule has 74 valence electrons. The minimum atomic E-state index is -4.30. The molecule has 1 heterocycles. The fraction of sp³-hybridized carbons (Fsp3) is 0.125. The molecule has 2 aromatic rings. The van der Waals surface area contributed by atoms with Crippen molar-refractivity contribution in [2.24, 2.45) is 0 Å². The number of hydrogen-bond donors (Lipinski definition) is 1. The molecular weight excluding hydrogens is 308 g/mol. The number of fused-ring (bicyclic) bond motifs is 1. The van der Waals surface area contributed by atoms with Gasteiger partial charge in [0.2, 0.25) is 0 Å². The number of aromatic nitrogens is 2. The summed E-state index contributed by atoms with van der Waals surface area (Å²) in [6.45, 7) is 0. The second-order valence-corrected chi connectivity index (χ2v) is 3.85. The minimum Gasteiger partial charge on any atom is -0.271 e. The number of rotatable bonds is 0. The van der Waals surface area contributed by atoms with Gasteiger partial charge in [0, 0.05) is 5.39 Å². The van der Waals surface area contributed by atoms with Crippen molar-refractivity contribution in [3.8, 4) is 0 Å². The Balaban J connectivity index is 2.66. The Morgan fingerprint density at radius 1 is 1.29 bits per heavy atom. The van der Waals surface area contributed by atoms with E-state index in [2.05, 4.69) is 10.2 Å². The van der Waals surface area contributed by atoms with Crippen LogP contribution in [0.15, 0.2) is 18.2 Å². The van der Waals surface area contributed by atoms with E-state index in [0.717, 1.165) is 12.1 Å². The molecule has 0 aliphatic rings. The molecule has 0 bridgehead atoms. The topological polar surface area (TPSA) is 28.7 Å². The average Bonchev–Trinajstić information content (AvgIpc) is 2.46. The molecule has 0 aliphatic heterocycles. The third kappa shape index (κ3) is 1.58. The van der Waals surface area contributed by atoms with Crippen LogP contribution in [0.2, 0.25) is 0 Å². The van der Waals surface area contributed by atoms with Gasteiger partial charge in [-0.3, -0.25) is 5.10 Å². The first-order valence-corrected chi connectivity index (χ1v) is 4.77. The monoisotopic (exact) mass is 312 g/mol. The summed E-state index contributed by atoms with van der Waals surface area (Å²) in [6.07, 6.45) is -4.30. The van der Waals surface area contributed by atoms with Gasteiger partial charge >= 0.3 is 6.18 Å². The van der Waals surface area contributed by atoms with E-state index >= 15 is 0 Å². The molecule has 0 unspecified atom stereocenters. The number of H-pyrrole nitrogens is 1. The molecule has 0 fully saturated rings. The van der Waals surface area contributed by atoms with Gasteiger partial charge in [0.05, 0.1) is 11.1 Å². The standard InChI is InChI=1S/C8H4F3IN2/c9-8(10,11)4-1-2-6-5(3-4)7(12)14-13-6/h1-3H,(H,13,14). The van der Waals surface area contributed by atoms with Gasteiger partial charge in [-0.2, -0.15) is 18.3 Å². The van der Waals surface area contributed by atoms with E-state index in [0.29, 0.717) is 14.6 Å². The fourth-order valence-corrected chi connectivity index (χ4v) is 1.71. The fourth-order valence-electron chi connectivity index (χ4n) is 1.16. The second kappa shape index (κ2) is 3.11. The molecule has 0 radical (unpaired) electrons. The van der Waals surface area contributed by atoms with E-state index in [1.165, 1.54) is 6.07 Å². The van der Waals surface area contributed by atoms with Gasteiger partial charge in [-0.25, -0.2) is 0 Å². The van der Waals surface area contributed by atoms with Gasteiger partial charge in [-0.15, -0.1) is 0 Å². The summed E-state index contributed by atoms with van der Waals surface area (Å²) in [5.74, 6) is 0. The first kappa shape index (κ1) is 9.75. The van der Waals surface area contributed by atoms with Crippen molar-refractivity contribution in [1.29, 1.82) is 0 Å². The van der Waals surface area contributed by atoms with E-state index in [1.54, 1.807) is 0 Å². The number of hydrogen-bond acceptors (Lipinski definition) is 1. The summed E-state index contributed by atoms with van der Waals surface area (Å²) < 4.78 is 37.6. The molecule has 2 rings (SSSR count). The summed E-state index contributed by atoms with van der Waals surface area (Å²) in [5, 5.41) is 6.97. The van der Waals surface area contributed by atoms with Gasteiger partial charge in [0.15, 0.2) is 0 Å². The Morgan fingerprint density at radius 3 is 2.64 bits per heavy atom. The van der Waals surface area contributed by atoms with Crippen molar-refractivity contribution >= 4 is 33.5 Å². The number of benzene rings is 1. The van der Waals surface area contributed by atoms with Crippen LogP contribution in [0, 0.1) is 3.70 Å². The quantitative estimate of drug-likeness (QED) is 0.744. The molecule has 1 aromatic heterocycles. The number of aromatic amines is 1. The predicted molar refractivity (Wildman–Crippen MR) is 53.8 cm³/mol. The number of halogens is 4. The van der Waals surface area contributed by atoms with Gasteiger partial charge in [0.25, 0.3) is 0 Å². The molecular formula is C8H4F3IN2. The zero-order valence-electron chi connectivity index (χ0n) is 6.69. The molecule has 0 saturated heterocycles. The lowest BCUT2D eigenvalue weighted by molar-refractivity contribution is -0.137. The molecule has 0 aliphatic carbocycles. The Morgan fingerprint density at radius 2 is 2.00 bits per heavy atom. The summed E-state index contributed by atoms with van der Waals surface area (Å²) >= 11 is 1.91. The lowest BCUT2D eigenvalue weighted by Crippen LogP contribution is -2.04. The lowest BCUT2D eigenvalue weighted by Gasteiger charge is -2.05. The van der Waals surface area contributed by atoms with Crippen molar-refractivity contribution < 1.29 is 13.2 Å². The maximum atomic E-state index is 12.3. The van der Waals surface area contributed by atoms with E-state index in [1.807, 2.05) is 22.6 Å². The first-order valence-electron chi connectivity index (χ1n) is 3.69. The molecule has 0 saturated carbocycles. The Bertz CT molecular complexity index is 475. The molecule has 6 heteroatoms. The van der Waals surface area contributed by atoms with Gasteiger partial charge in [-0.05, 0) is 40.8 Å². The van der Waals surface area contributed by atoms with Crippen LogP contribution in [0.5, 0.6) is 0 Å². The third-order valence-corrected chi connectivity index (χ3v) is 2.66. The zero-order chi connectivity index (χ0) is 10.3. The van der Waals surface area contributed by atoms with Crippen LogP contribution < -0.4 is 0 Å². The number of alkyl halides is 3. The van der Waals surface area contributed by atoms with Gasteiger partial charge in [0.1, 0.15) is 3.70 Å². The summed E-state index contributed by atoms with van der Waals surface area (Å²) in [7, 11) is 0. The highest BCUT2D eigenvalue weighted by Gasteiger charge is 2.30. The van der Waals surface area contributed by atoms with E-state index < -0.39 is 11.7 Å². The van der Waals surface area contributed by atoms with Crippen LogP contribution in [0.25, 0.3) is 10.9 Å². The summed E-state index contributed by atoms with van der Waals surface area (Å²) in [5.41, 5.74) is -0.105. The first-order chi connectivity index (χ1) is 6.48. The van der Waals surface area contributed by atoms with E-state index in [9.17, 15) is 13.2 Å². The minimum absolute atomic E-state index is 0.500. The number of nitrogens with one attached hydrogen (secondary N) is 1. The van der Waals surface area contributed by atoms with Crippen molar-refractivity contribution in [2.75, 3.05) is 0 Å². The van der Waals surface area contributed by atoms with Crippen LogP contribution in [0.3, 0.4) is 0 Å². The normalized spacial score (nSPS) is 12.3. The molecule has 1 N–H and O–H groups in total. The molecule has 1 aromatic carbocycles. The van der Waals surface area contributed by atoms with Crippen molar-refractivity contribution in [2.45, 2.75) is 6.18 Å². The maximum absolute atomic E-state index is 12.3. The van der Waals surface area contributed by atoms with E-state index in [4.69, 9.17) is 0 Å². The Hall–Kier alpha value is -0.790. The zero-order valence-corrected chi connectivity index (χ0v) is 8.85. The number of nitrogens with zero attached hydrogens (tertiary/aromatic N) is 1. The largest absolute Gasteiger partial charge is 0.416 e. The summed E-state index contributed by atoms with van der Waals surface area (Å²) in [4.78, 5) is 0. The molecule has 2 nitrogen and oxygen atoms in total. The van der Waals surface area contributed by atoms with Crippen LogP contribution in [-0.2, 0) is 6.18 Å². The molecule has 0 atom stereocenters. The van der Waals surface area contributed by atoms with E-state index in [-0.39, 0.29) is 0 Å². The molecule has 14 heavy (non-hydrogen) atoms. The lowest BCUT2D eigenvalue weighted by atomic mass is 10.1. The average molecular weight is 312 g/mol. The maximum Gasteiger partial charge on any atom is 0.416 e. The van der Waals surface area contributed by atoms with Crippen molar-refractivity contribution in [1.82, 2.24) is 10.2 Å². The molecule has 0 spiro atoms. The highest BCUT2D eigenvalue weighted by atomic mass is 127. The highest BCUT2D eigenvalue weighted by Crippen LogP contribution is 2.31. The van der Waals surface area contributed by atoms with Gasteiger partial charge < -0.3 is 0 Å². The third-order valence-electron chi connectivity index (χ3n) is 1.83. The molecule has 0 amide bonds. The summed E-state index contributed by atoms with van der Waals surface area (Å²) in [6, 6.07) is 3.48. The highest BCUT2D eigenvalue weighted by molar-refractivity contribution is 14.1. The van der Waals surface area contributed by atoms with Crippen LogP contribution in [0.1, 0.15) is 5.56 Å². The van der Waals surface area contributed by atoms with Crippen molar-refractivity contribution in [3.05, 3.63) is 27.5 Å². The van der Waals surface area contributed by atoms with Gasteiger partial charge in [-0.1, -0.05) is 0 Å². The Labute approximate surface area is 90.6 Å². The predicted octanol–water partition coefficient (Wildman–Crippen LogP) is 3.19. The smallest absolute Gasteiger partial charge is 0.271 e. The van der Waals surface area contributed by atoms with Crippen LogP contribution >= 0.6 is 22.6 Å². The van der Waals surface area contributed by atoms with Crippen LogP contribution in [-0.4, -0.2) is 10.2 Å². The Kier molecular flexibility index (Phi) is 2.17. The SMILES string of the molecule is FC(F)(F)c1ccc2n[nH]c(I)c2c1. The van der Waals surface area contributed by atoms with Crippen molar-refractivity contribution in [3.63, 3.8) is 0 Å². The van der Waals surface area contributed by atoms with Crippen LogP contribution in [0.4, 0.5) is 13.2 Å².